The van der Waals surface area contributed by atoms with Gasteiger partial charge < -0.3 is 4.57 Å². The van der Waals surface area contributed by atoms with Crippen LogP contribution in [0, 0.1) is 0 Å². The molecule has 1 saturated heterocycles. The Balaban J connectivity index is 1.84. The van der Waals surface area contributed by atoms with Gasteiger partial charge in [-0.2, -0.15) is 0 Å². The molecule has 1 aromatic rings. The van der Waals surface area contributed by atoms with Crippen molar-refractivity contribution in [1.82, 2.24) is 9.55 Å². The summed E-state index contributed by atoms with van der Waals surface area (Å²) in [5, 5.41) is 0.824. The summed E-state index contributed by atoms with van der Waals surface area (Å²) in [5.74, 6) is 1.34. The van der Waals surface area contributed by atoms with Crippen LogP contribution in [-0.2, 0) is 6.54 Å². The Labute approximate surface area is 138 Å². The van der Waals surface area contributed by atoms with Crippen molar-refractivity contribution in [3.05, 3.63) is 18.7 Å². The van der Waals surface area contributed by atoms with E-state index in [1.165, 1.54) is 57.1 Å². The van der Waals surface area contributed by atoms with Gasteiger partial charge in [0.25, 0.3) is 0 Å². The highest BCUT2D eigenvalue weighted by atomic mass is 32.2. The fourth-order valence-corrected chi connectivity index (χ4v) is 6.95. The smallest absolute Gasteiger partial charge is 0.0945 e. The van der Waals surface area contributed by atoms with Crippen molar-refractivity contribution in [1.29, 1.82) is 0 Å². The molecule has 2 heterocycles. The van der Waals surface area contributed by atoms with Crippen LogP contribution in [-0.4, -0.2) is 24.6 Å². The van der Waals surface area contributed by atoms with Gasteiger partial charge in [0.05, 0.1) is 10.4 Å². The number of rotatable bonds is 9. The molecule has 2 atom stereocenters. The second kappa shape index (κ2) is 9.14. The standard InChI is InChI=1S/C17H30N2S2/c1-3-4-5-6-7-9-17(20-14-8-16(2)21-17)10-12-19-13-11-18-15-19/h11,13,15-16H,3-10,12,14H2,1-2H3. The first-order valence-electron chi connectivity index (χ1n) is 8.51. The lowest BCUT2D eigenvalue weighted by Crippen LogP contribution is -2.29. The summed E-state index contributed by atoms with van der Waals surface area (Å²) in [6, 6.07) is 0. The molecular weight excluding hydrogens is 296 g/mol. The van der Waals surface area contributed by atoms with Crippen LogP contribution >= 0.6 is 23.5 Å². The summed E-state index contributed by atoms with van der Waals surface area (Å²) in [6.45, 7) is 5.82. The maximum absolute atomic E-state index is 4.17. The molecule has 0 aliphatic carbocycles. The molecule has 1 aliphatic heterocycles. The highest BCUT2D eigenvalue weighted by Crippen LogP contribution is 2.51. The van der Waals surface area contributed by atoms with Crippen LogP contribution in [0.15, 0.2) is 18.7 Å². The summed E-state index contributed by atoms with van der Waals surface area (Å²) >= 11 is 4.48. The Morgan fingerprint density at radius 1 is 1.24 bits per heavy atom. The molecule has 0 saturated carbocycles. The Morgan fingerprint density at radius 3 is 2.81 bits per heavy atom. The average Bonchev–Trinajstić information content (AvgIpc) is 2.99. The topological polar surface area (TPSA) is 17.8 Å². The third-order valence-electron chi connectivity index (χ3n) is 4.28. The van der Waals surface area contributed by atoms with Gasteiger partial charge in [-0.15, -0.1) is 23.5 Å². The Hall–Kier alpha value is -0.0900. The highest BCUT2D eigenvalue weighted by molar-refractivity contribution is 8.19. The van der Waals surface area contributed by atoms with Gasteiger partial charge in [0.2, 0.25) is 0 Å². The number of hydrogen-bond acceptors (Lipinski definition) is 3. The number of hydrogen-bond donors (Lipinski definition) is 0. The van der Waals surface area contributed by atoms with E-state index in [2.05, 4.69) is 53.1 Å². The average molecular weight is 327 g/mol. The SMILES string of the molecule is CCCCCCCC1(CCn2ccnc2)SCCC(C)S1. The quantitative estimate of drug-likeness (QED) is 0.551. The molecule has 2 unspecified atom stereocenters. The van der Waals surface area contributed by atoms with Gasteiger partial charge in [-0.3, -0.25) is 0 Å². The number of unbranched alkanes of at least 4 members (excludes halogenated alkanes) is 4. The lowest BCUT2D eigenvalue weighted by Gasteiger charge is -2.39. The minimum Gasteiger partial charge on any atom is -0.337 e. The largest absolute Gasteiger partial charge is 0.337 e. The summed E-state index contributed by atoms with van der Waals surface area (Å²) in [5.41, 5.74) is 0. The van der Waals surface area contributed by atoms with Crippen LogP contribution < -0.4 is 0 Å². The highest BCUT2D eigenvalue weighted by Gasteiger charge is 2.35. The monoisotopic (exact) mass is 326 g/mol. The maximum atomic E-state index is 4.17. The van der Waals surface area contributed by atoms with Crippen molar-refractivity contribution in [3.8, 4) is 0 Å². The predicted molar refractivity (Wildman–Crippen MR) is 97.1 cm³/mol. The molecule has 21 heavy (non-hydrogen) atoms. The van der Waals surface area contributed by atoms with Crippen LogP contribution in [0.3, 0.4) is 0 Å². The summed E-state index contributed by atoms with van der Waals surface area (Å²) < 4.78 is 2.69. The molecule has 1 fully saturated rings. The first kappa shape index (κ1) is 17.3. The van der Waals surface area contributed by atoms with Gasteiger partial charge >= 0.3 is 0 Å². The van der Waals surface area contributed by atoms with Crippen LogP contribution in [0.25, 0.3) is 0 Å². The molecule has 0 radical (unpaired) electrons. The summed E-state index contributed by atoms with van der Waals surface area (Å²) in [6.07, 6.45) is 16.9. The predicted octanol–water partition coefficient (Wildman–Crippen LogP) is 5.59. The van der Waals surface area contributed by atoms with Crippen LogP contribution in [0.2, 0.25) is 0 Å². The van der Waals surface area contributed by atoms with E-state index in [4.69, 9.17) is 0 Å². The fraction of sp³-hybridized carbons (Fsp3) is 0.824. The van der Waals surface area contributed by atoms with Crippen molar-refractivity contribution in [2.45, 2.75) is 81.1 Å². The zero-order valence-corrected chi connectivity index (χ0v) is 15.2. The van der Waals surface area contributed by atoms with Crippen LogP contribution in [0.4, 0.5) is 0 Å². The number of aryl methyl sites for hydroxylation is 1. The molecule has 0 N–H and O–H groups in total. The van der Waals surface area contributed by atoms with Crippen molar-refractivity contribution < 1.29 is 0 Å². The van der Waals surface area contributed by atoms with Gasteiger partial charge in [0, 0.05) is 24.2 Å². The van der Waals surface area contributed by atoms with Gasteiger partial charge in [0.1, 0.15) is 0 Å². The third kappa shape index (κ3) is 5.90. The molecular formula is C17H30N2S2. The van der Waals surface area contributed by atoms with E-state index in [9.17, 15) is 0 Å². The fourth-order valence-electron chi connectivity index (χ4n) is 2.97. The molecule has 2 nitrogen and oxygen atoms in total. The first-order chi connectivity index (χ1) is 10.2. The van der Waals surface area contributed by atoms with Gasteiger partial charge in [-0.05, 0) is 25.0 Å². The van der Waals surface area contributed by atoms with Gasteiger partial charge in [-0.1, -0.05) is 46.0 Å². The lowest BCUT2D eigenvalue weighted by atomic mass is 10.1. The van der Waals surface area contributed by atoms with E-state index in [0.29, 0.717) is 4.08 Å². The van der Waals surface area contributed by atoms with Gasteiger partial charge in [-0.25, -0.2) is 4.98 Å². The lowest BCUT2D eigenvalue weighted by molar-refractivity contribution is 0.527. The molecule has 120 valence electrons. The molecule has 0 amide bonds. The molecule has 2 rings (SSSR count). The molecule has 0 aromatic carbocycles. The van der Waals surface area contributed by atoms with E-state index < -0.39 is 0 Å². The number of nitrogens with zero attached hydrogens (tertiary/aromatic N) is 2. The van der Waals surface area contributed by atoms with Crippen molar-refractivity contribution in [2.24, 2.45) is 0 Å². The minimum atomic E-state index is 0.453. The second-order valence-corrected chi connectivity index (χ2v) is 9.75. The summed E-state index contributed by atoms with van der Waals surface area (Å²) in [4.78, 5) is 4.17. The van der Waals surface area contributed by atoms with Crippen molar-refractivity contribution in [2.75, 3.05) is 5.75 Å². The molecule has 1 aliphatic rings. The van der Waals surface area contributed by atoms with Crippen LogP contribution in [0.5, 0.6) is 0 Å². The Kier molecular flexibility index (Phi) is 7.51. The Morgan fingerprint density at radius 2 is 2.10 bits per heavy atom. The van der Waals surface area contributed by atoms with Gasteiger partial charge in [0.15, 0.2) is 0 Å². The van der Waals surface area contributed by atoms with Crippen molar-refractivity contribution in [3.63, 3.8) is 0 Å². The van der Waals surface area contributed by atoms with E-state index in [0.717, 1.165) is 11.8 Å². The first-order valence-corrected chi connectivity index (χ1v) is 10.4. The Bertz CT molecular complexity index is 380. The normalized spacial score (nSPS) is 26.1. The summed E-state index contributed by atoms with van der Waals surface area (Å²) in [7, 11) is 0. The number of thioether (sulfide) groups is 2. The molecule has 4 heteroatoms. The minimum absolute atomic E-state index is 0.453. The molecule has 1 aromatic heterocycles. The van der Waals surface area contributed by atoms with Crippen LogP contribution in [0.1, 0.15) is 65.2 Å². The maximum Gasteiger partial charge on any atom is 0.0945 e. The van der Waals surface area contributed by atoms with Crippen molar-refractivity contribution >= 4 is 23.5 Å². The molecule has 0 spiro atoms. The zero-order chi connectivity index (χ0) is 15.0. The van der Waals surface area contributed by atoms with E-state index in [1.54, 1.807) is 0 Å². The molecule has 0 bridgehead atoms. The van der Waals surface area contributed by atoms with E-state index in [-0.39, 0.29) is 0 Å². The second-order valence-electron chi connectivity index (χ2n) is 6.19. The zero-order valence-electron chi connectivity index (χ0n) is 13.6. The third-order valence-corrected chi connectivity index (χ3v) is 7.77. The number of aromatic nitrogens is 2. The number of imidazole rings is 1. The van der Waals surface area contributed by atoms with E-state index >= 15 is 0 Å². The van der Waals surface area contributed by atoms with E-state index in [1.807, 2.05) is 12.5 Å².